The van der Waals surface area contributed by atoms with Crippen LogP contribution in [0.25, 0.3) is 10.2 Å². The van der Waals surface area contributed by atoms with E-state index in [0.717, 1.165) is 48.2 Å². The quantitative estimate of drug-likeness (QED) is 0.885. The molecule has 0 spiro atoms. The van der Waals surface area contributed by atoms with Gasteiger partial charge in [0, 0.05) is 17.5 Å². The monoisotopic (exact) mass is 361 g/mol. The van der Waals surface area contributed by atoms with Crippen molar-refractivity contribution in [2.75, 3.05) is 20.7 Å². The summed E-state index contributed by atoms with van der Waals surface area (Å²) in [6.07, 6.45) is 9.46. The molecule has 0 aromatic carbocycles. The topological polar surface area (TPSA) is 58.5 Å². The normalized spacial score (nSPS) is 26.3. The van der Waals surface area contributed by atoms with Crippen LogP contribution in [-0.2, 0) is 6.42 Å². The van der Waals surface area contributed by atoms with Gasteiger partial charge in [-0.25, -0.2) is 9.97 Å². The average Bonchev–Trinajstić information content (AvgIpc) is 3.16. The lowest BCUT2D eigenvalue weighted by atomic mass is 9.92. The Kier molecular flexibility index (Phi) is 4.93. The van der Waals surface area contributed by atoms with Crippen molar-refractivity contribution < 1.29 is 9.84 Å². The number of aliphatic hydroxyl groups excluding tert-OH is 1. The number of nitrogens with zero attached hydrogens (tertiary/aromatic N) is 3. The molecule has 1 unspecified atom stereocenters. The van der Waals surface area contributed by atoms with Gasteiger partial charge in [-0.3, -0.25) is 0 Å². The van der Waals surface area contributed by atoms with E-state index >= 15 is 0 Å². The number of fused-ring (bicyclic) bond motifs is 3. The Morgan fingerprint density at radius 3 is 2.72 bits per heavy atom. The first-order valence-electron chi connectivity index (χ1n) is 9.37. The highest BCUT2D eigenvalue weighted by Crippen LogP contribution is 2.47. The van der Waals surface area contributed by atoms with Crippen LogP contribution < -0.4 is 4.74 Å². The highest BCUT2D eigenvalue weighted by atomic mass is 32.1. The predicted molar refractivity (Wildman–Crippen MR) is 101 cm³/mol. The van der Waals surface area contributed by atoms with Crippen LogP contribution in [0.2, 0.25) is 0 Å². The van der Waals surface area contributed by atoms with Crippen molar-refractivity contribution in [3.05, 3.63) is 16.8 Å². The molecule has 1 N–H and O–H groups in total. The van der Waals surface area contributed by atoms with Crippen LogP contribution in [0.4, 0.5) is 0 Å². The summed E-state index contributed by atoms with van der Waals surface area (Å²) in [4.78, 5) is 13.8. The third kappa shape index (κ3) is 3.27. The summed E-state index contributed by atoms with van der Waals surface area (Å²) in [6.45, 7) is 0.236. The van der Waals surface area contributed by atoms with Gasteiger partial charge >= 0.3 is 0 Å². The summed E-state index contributed by atoms with van der Waals surface area (Å²) in [6, 6.07) is 0.671. The minimum Gasteiger partial charge on any atom is -0.474 e. The molecule has 2 aliphatic carbocycles. The highest BCUT2D eigenvalue weighted by Gasteiger charge is 2.31. The minimum atomic E-state index is 0.236. The molecule has 2 aliphatic rings. The van der Waals surface area contributed by atoms with Crippen LogP contribution in [0.1, 0.15) is 54.9 Å². The molecule has 0 aliphatic heterocycles. The van der Waals surface area contributed by atoms with Gasteiger partial charge in [-0.05, 0) is 70.5 Å². The summed E-state index contributed by atoms with van der Waals surface area (Å²) in [5, 5.41) is 10.5. The average molecular weight is 362 g/mol. The number of ether oxygens (including phenoxy) is 1. The fraction of sp³-hybridized carbons (Fsp3) is 0.684. The van der Waals surface area contributed by atoms with Crippen molar-refractivity contribution in [3.63, 3.8) is 0 Å². The van der Waals surface area contributed by atoms with E-state index in [2.05, 4.69) is 29.0 Å². The molecular weight excluding hydrogens is 334 g/mol. The van der Waals surface area contributed by atoms with Crippen LogP contribution in [0.15, 0.2) is 6.33 Å². The van der Waals surface area contributed by atoms with E-state index in [-0.39, 0.29) is 12.7 Å². The van der Waals surface area contributed by atoms with Gasteiger partial charge < -0.3 is 14.7 Å². The zero-order chi connectivity index (χ0) is 17.4. The third-order valence-electron chi connectivity index (χ3n) is 5.83. The molecule has 2 heterocycles. The van der Waals surface area contributed by atoms with Gasteiger partial charge in [0.2, 0.25) is 5.88 Å². The van der Waals surface area contributed by atoms with E-state index in [9.17, 15) is 5.11 Å². The van der Waals surface area contributed by atoms with Gasteiger partial charge in [-0.15, -0.1) is 11.3 Å². The Morgan fingerprint density at radius 2 is 2.00 bits per heavy atom. The van der Waals surface area contributed by atoms with Gasteiger partial charge in [0.25, 0.3) is 0 Å². The van der Waals surface area contributed by atoms with E-state index < -0.39 is 0 Å². The van der Waals surface area contributed by atoms with Crippen molar-refractivity contribution in [1.29, 1.82) is 0 Å². The maximum absolute atomic E-state index is 9.40. The van der Waals surface area contributed by atoms with Crippen molar-refractivity contribution in [2.45, 2.75) is 63.0 Å². The molecule has 136 valence electrons. The second-order valence-corrected chi connectivity index (χ2v) is 8.64. The lowest BCUT2D eigenvalue weighted by Gasteiger charge is -2.32. The molecule has 2 aromatic heterocycles. The number of aromatic nitrogens is 2. The van der Waals surface area contributed by atoms with Crippen LogP contribution in [0, 0.1) is 0 Å². The Labute approximate surface area is 153 Å². The van der Waals surface area contributed by atoms with E-state index in [1.807, 2.05) is 0 Å². The lowest BCUT2D eigenvalue weighted by molar-refractivity contribution is 0.108. The van der Waals surface area contributed by atoms with E-state index in [4.69, 9.17) is 4.74 Å². The van der Waals surface area contributed by atoms with Crippen LogP contribution in [0.5, 0.6) is 5.88 Å². The van der Waals surface area contributed by atoms with Crippen molar-refractivity contribution in [3.8, 4) is 5.88 Å². The lowest BCUT2D eigenvalue weighted by Crippen LogP contribution is -2.35. The Balaban J connectivity index is 1.58. The molecule has 0 saturated heterocycles. The van der Waals surface area contributed by atoms with Gasteiger partial charge in [0.15, 0.2) is 0 Å². The van der Waals surface area contributed by atoms with E-state index in [1.54, 1.807) is 17.7 Å². The van der Waals surface area contributed by atoms with Gasteiger partial charge in [0.05, 0.1) is 5.39 Å². The Morgan fingerprint density at radius 1 is 1.20 bits per heavy atom. The van der Waals surface area contributed by atoms with Crippen molar-refractivity contribution in [1.82, 2.24) is 14.9 Å². The second-order valence-electron chi connectivity index (χ2n) is 7.56. The molecular formula is C19H27N3O2S. The molecule has 1 fully saturated rings. The first-order valence-corrected chi connectivity index (χ1v) is 10.2. The molecule has 1 saturated carbocycles. The molecule has 5 nitrogen and oxygen atoms in total. The maximum atomic E-state index is 9.40. The first-order chi connectivity index (χ1) is 12.2. The molecule has 6 heteroatoms. The molecule has 1 atom stereocenters. The van der Waals surface area contributed by atoms with Crippen molar-refractivity contribution in [2.24, 2.45) is 0 Å². The van der Waals surface area contributed by atoms with Crippen LogP contribution in [-0.4, -0.2) is 52.8 Å². The summed E-state index contributed by atoms with van der Waals surface area (Å²) in [5.41, 5.74) is 1.35. The van der Waals surface area contributed by atoms with Crippen LogP contribution in [0.3, 0.4) is 0 Å². The standard InChI is InChI=1S/C19H27N3O2S/c1-22(2)13-4-6-14(7-5-13)24-18-17-16-12(9-10-23)3-8-15(16)25-19(17)21-11-20-18/h11-14,23H,3-10H2,1-2H3. The molecule has 4 rings (SSSR count). The summed E-state index contributed by atoms with van der Waals surface area (Å²) < 4.78 is 6.38. The first kappa shape index (κ1) is 17.2. The third-order valence-corrected chi connectivity index (χ3v) is 7.00. The van der Waals surface area contributed by atoms with Gasteiger partial charge in [-0.2, -0.15) is 0 Å². The second kappa shape index (κ2) is 7.17. The molecule has 0 amide bonds. The van der Waals surface area contributed by atoms with E-state index in [1.165, 1.54) is 23.3 Å². The molecule has 0 radical (unpaired) electrons. The Bertz CT molecular complexity index is 738. The SMILES string of the molecule is CN(C)C1CCC(Oc2ncnc3sc4c(c23)C(CCO)CC4)CC1. The molecule has 2 aromatic rings. The fourth-order valence-electron chi connectivity index (χ4n) is 4.41. The summed E-state index contributed by atoms with van der Waals surface area (Å²) in [5.74, 6) is 1.19. The maximum Gasteiger partial charge on any atom is 0.225 e. The number of hydrogen-bond acceptors (Lipinski definition) is 6. The fourth-order valence-corrected chi connectivity index (χ4v) is 5.64. The summed E-state index contributed by atoms with van der Waals surface area (Å²) in [7, 11) is 4.32. The number of aliphatic hydroxyl groups is 1. The van der Waals surface area contributed by atoms with Gasteiger partial charge in [0.1, 0.15) is 17.3 Å². The molecule has 25 heavy (non-hydrogen) atoms. The largest absolute Gasteiger partial charge is 0.474 e. The molecule has 0 bridgehead atoms. The minimum absolute atomic E-state index is 0.236. The number of hydrogen-bond donors (Lipinski definition) is 1. The Hall–Kier alpha value is -1.24. The van der Waals surface area contributed by atoms with E-state index in [0.29, 0.717) is 12.0 Å². The van der Waals surface area contributed by atoms with Crippen LogP contribution >= 0.6 is 11.3 Å². The number of rotatable bonds is 5. The predicted octanol–water partition coefficient (Wildman–Crippen LogP) is 3.36. The highest BCUT2D eigenvalue weighted by molar-refractivity contribution is 7.19. The van der Waals surface area contributed by atoms with Crippen molar-refractivity contribution >= 4 is 21.6 Å². The number of aryl methyl sites for hydroxylation is 1. The zero-order valence-corrected chi connectivity index (χ0v) is 15.9. The van der Waals surface area contributed by atoms with Gasteiger partial charge in [-0.1, -0.05) is 0 Å². The summed E-state index contributed by atoms with van der Waals surface area (Å²) >= 11 is 1.78. The number of thiophene rings is 1. The zero-order valence-electron chi connectivity index (χ0n) is 15.1. The smallest absolute Gasteiger partial charge is 0.225 e.